The quantitative estimate of drug-likeness (QED) is 0.430. The average Bonchev–Trinajstić information content (AvgIpc) is 2.18. The second kappa shape index (κ2) is 3.05. The third-order valence-corrected chi connectivity index (χ3v) is 1.90. The first-order valence-corrected chi connectivity index (χ1v) is 3.53. The van der Waals surface area contributed by atoms with Gasteiger partial charge in [0.2, 0.25) is 0 Å². The first kappa shape index (κ1) is 6.85. The van der Waals surface area contributed by atoms with Gasteiger partial charge in [-0.25, -0.2) is 0 Å². The third-order valence-electron chi connectivity index (χ3n) is 1.32. The van der Waals surface area contributed by atoms with E-state index in [9.17, 15) is 0 Å². The fraction of sp³-hybridized carbons (Fsp3) is 0.250. The van der Waals surface area contributed by atoms with E-state index in [0.29, 0.717) is 0 Å². The fourth-order valence-corrected chi connectivity index (χ4v) is 1.19. The zero-order chi connectivity index (χ0) is 6.69. The number of allylic oxidation sites excluding steroid dienone is 5. The minimum atomic E-state index is 0.968. The van der Waals surface area contributed by atoms with Crippen molar-refractivity contribution < 1.29 is 16.0 Å². The summed E-state index contributed by atoms with van der Waals surface area (Å²) in [5, 5.41) is 0. The number of hydrogen-bond acceptors (Lipinski definition) is 0. The van der Waals surface area contributed by atoms with Crippen LogP contribution in [0, 0.1) is 0 Å². The van der Waals surface area contributed by atoms with Crippen molar-refractivity contribution in [3.8, 4) is 0 Å². The maximum absolute atomic E-state index is 3.91. The van der Waals surface area contributed by atoms with Crippen molar-refractivity contribution in [2.45, 2.75) is 12.8 Å². The molecule has 49 valence electrons. The molecule has 0 aromatic carbocycles. The zero-order valence-corrected chi connectivity index (χ0v) is 6.31. The zero-order valence-electron chi connectivity index (χ0n) is 5.21. The molecule has 1 rings (SSSR count). The summed E-state index contributed by atoms with van der Waals surface area (Å²) >= 11 is 3.91. The predicted octanol–water partition coefficient (Wildman–Crippen LogP) is 2.32. The molecule has 0 nitrogen and oxygen atoms in total. The summed E-state index contributed by atoms with van der Waals surface area (Å²) in [4.78, 5) is 0. The molecular weight excluding hydrogens is 152 g/mol. The first-order chi connectivity index (χ1) is 4.34. The molecule has 0 saturated heterocycles. The van der Waals surface area contributed by atoms with E-state index in [1.807, 2.05) is 6.08 Å². The first-order valence-electron chi connectivity index (χ1n) is 2.98. The van der Waals surface area contributed by atoms with Crippen LogP contribution in [0.2, 0.25) is 0 Å². The van der Waals surface area contributed by atoms with Gasteiger partial charge in [0.1, 0.15) is 0 Å². The van der Waals surface area contributed by atoms with E-state index in [-0.39, 0.29) is 0 Å². The molecule has 0 spiro atoms. The van der Waals surface area contributed by atoms with Crippen LogP contribution in [-0.4, -0.2) is 0 Å². The molecule has 0 bridgehead atoms. The molecule has 0 aromatic heterocycles. The normalized spacial score (nSPS) is 17.0. The van der Waals surface area contributed by atoms with Crippen LogP contribution in [0.5, 0.6) is 0 Å². The SMILES string of the molecule is C=CCC1=[C]([Fe])CC=C1. The Morgan fingerprint density at radius 2 is 2.56 bits per heavy atom. The summed E-state index contributed by atoms with van der Waals surface area (Å²) in [6.07, 6.45) is 8.18. The van der Waals surface area contributed by atoms with Crippen LogP contribution >= 0.6 is 0 Å². The summed E-state index contributed by atoms with van der Waals surface area (Å²) < 4.78 is 1.25. The van der Waals surface area contributed by atoms with E-state index in [1.54, 1.807) is 0 Å². The molecule has 0 heterocycles. The van der Waals surface area contributed by atoms with Gasteiger partial charge in [-0.2, -0.15) is 0 Å². The molecular formula is C8H9Fe. The summed E-state index contributed by atoms with van der Waals surface area (Å²) in [5.41, 5.74) is 1.34. The third kappa shape index (κ3) is 1.57. The Balaban J connectivity index is 2.64. The molecule has 0 unspecified atom stereocenters. The van der Waals surface area contributed by atoms with Crippen LogP contribution in [0.25, 0.3) is 0 Å². The molecule has 1 aliphatic carbocycles. The summed E-state index contributed by atoms with van der Waals surface area (Å²) in [7, 11) is 0. The van der Waals surface area contributed by atoms with Gasteiger partial charge in [-0.1, -0.05) is 0 Å². The van der Waals surface area contributed by atoms with Gasteiger partial charge in [-0.3, -0.25) is 0 Å². The Bertz CT molecular complexity index is 175. The van der Waals surface area contributed by atoms with Gasteiger partial charge in [0.05, 0.1) is 0 Å². The molecule has 0 saturated carbocycles. The van der Waals surface area contributed by atoms with Gasteiger partial charge < -0.3 is 0 Å². The Kier molecular flexibility index (Phi) is 2.32. The van der Waals surface area contributed by atoms with Crippen LogP contribution in [0.4, 0.5) is 0 Å². The molecule has 9 heavy (non-hydrogen) atoms. The van der Waals surface area contributed by atoms with Crippen molar-refractivity contribution >= 4 is 0 Å². The Hall–Kier alpha value is -0.261. The van der Waals surface area contributed by atoms with E-state index < -0.39 is 0 Å². The molecule has 1 aliphatic rings. The Morgan fingerprint density at radius 3 is 3.00 bits per heavy atom. The molecule has 0 aliphatic heterocycles. The van der Waals surface area contributed by atoms with E-state index in [4.69, 9.17) is 0 Å². The van der Waals surface area contributed by atoms with Crippen molar-refractivity contribution in [3.05, 3.63) is 34.9 Å². The molecule has 0 aromatic rings. The monoisotopic (exact) mass is 161 g/mol. The minimum absolute atomic E-state index is 0.968. The predicted molar refractivity (Wildman–Crippen MR) is 35.6 cm³/mol. The molecule has 0 N–H and O–H groups in total. The second-order valence-corrected chi connectivity index (χ2v) is 2.68. The van der Waals surface area contributed by atoms with Crippen LogP contribution in [-0.2, 0) is 16.0 Å². The van der Waals surface area contributed by atoms with Gasteiger partial charge in [0.25, 0.3) is 0 Å². The van der Waals surface area contributed by atoms with Gasteiger partial charge in [0, 0.05) is 0 Å². The average molecular weight is 161 g/mol. The van der Waals surface area contributed by atoms with Gasteiger partial charge in [-0.15, -0.1) is 0 Å². The van der Waals surface area contributed by atoms with E-state index in [1.165, 1.54) is 10.0 Å². The molecule has 0 atom stereocenters. The van der Waals surface area contributed by atoms with Crippen molar-refractivity contribution in [1.82, 2.24) is 0 Å². The van der Waals surface area contributed by atoms with Gasteiger partial charge in [0.15, 0.2) is 0 Å². The van der Waals surface area contributed by atoms with E-state index >= 15 is 0 Å². The van der Waals surface area contributed by atoms with Crippen LogP contribution in [0.15, 0.2) is 34.9 Å². The molecule has 1 heteroatoms. The van der Waals surface area contributed by atoms with Crippen molar-refractivity contribution in [1.29, 1.82) is 0 Å². The standard InChI is InChI=1S/C8H9.Fe/c1-2-5-8-6-3-4-7-8;/h2-3,6H,1,4-5H2;. The second-order valence-electron chi connectivity index (χ2n) is 2.01. The van der Waals surface area contributed by atoms with Crippen molar-refractivity contribution in [2.24, 2.45) is 0 Å². The van der Waals surface area contributed by atoms with Gasteiger partial charge in [-0.05, 0) is 0 Å². The number of rotatable bonds is 2. The molecule has 0 radical (unpaired) electrons. The topological polar surface area (TPSA) is 0 Å². The van der Waals surface area contributed by atoms with Crippen molar-refractivity contribution in [2.75, 3.05) is 0 Å². The van der Waals surface area contributed by atoms with Crippen LogP contribution < -0.4 is 0 Å². The Labute approximate surface area is 64.2 Å². The summed E-state index contributed by atoms with van der Waals surface area (Å²) in [5.74, 6) is 0. The van der Waals surface area contributed by atoms with Crippen LogP contribution in [0.3, 0.4) is 0 Å². The van der Waals surface area contributed by atoms with Crippen LogP contribution in [0.1, 0.15) is 12.8 Å². The van der Waals surface area contributed by atoms with Crippen molar-refractivity contribution in [3.63, 3.8) is 0 Å². The summed E-state index contributed by atoms with van der Waals surface area (Å²) in [6, 6.07) is 0. The molecule has 0 amide bonds. The fourth-order valence-electron chi connectivity index (χ4n) is 0.853. The Morgan fingerprint density at radius 1 is 1.78 bits per heavy atom. The molecule has 0 fully saturated rings. The number of hydrogen-bond donors (Lipinski definition) is 0. The maximum atomic E-state index is 3.91. The summed E-state index contributed by atoms with van der Waals surface area (Å²) in [6.45, 7) is 3.66. The van der Waals surface area contributed by atoms with Gasteiger partial charge >= 0.3 is 63.7 Å². The van der Waals surface area contributed by atoms with E-state index in [0.717, 1.165) is 12.8 Å². The van der Waals surface area contributed by atoms with E-state index in [2.05, 4.69) is 34.7 Å².